The first kappa shape index (κ1) is 20.3. The van der Waals surface area contributed by atoms with Crippen molar-refractivity contribution in [3.63, 3.8) is 0 Å². The molecule has 7 heteroatoms. The van der Waals surface area contributed by atoms with E-state index in [2.05, 4.69) is 49.5 Å². The van der Waals surface area contributed by atoms with Crippen molar-refractivity contribution in [2.75, 3.05) is 37.6 Å². The summed E-state index contributed by atoms with van der Waals surface area (Å²) in [5, 5.41) is 5.42. The first-order valence-electron chi connectivity index (χ1n) is 10.8. The molecule has 2 fully saturated rings. The number of hydrogen-bond donors (Lipinski definition) is 1. The van der Waals surface area contributed by atoms with Gasteiger partial charge in [-0.25, -0.2) is 4.98 Å². The fraction of sp³-hybridized carbons (Fsp3) is 0.591. The van der Waals surface area contributed by atoms with E-state index in [0.29, 0.717) is 6.54 Å². The number of carbonyl (C=O) groups excluding carboxylic acids is 1. The number of nitrogens with zero attached hydrogens (tertiary/aromatic N) is 4. The van der Waals surface area contributed by atoms with Crippen LogP contribution >= 0.6 is 11.3 Å². The Hall–Kier alpha value is -1.99. The molecule has 1 N–H and O–H groups in total. The molecule has 2 saturated heterocycles. The smallest absolute Gasteiger partial charge is 0.224 e. The monoisotopic (exact) mass is 413 g/mol. The average Bonchev–Trinajstić information content (AvgIpc) is 3.30. The lowest BCUT2D eigenvalue weighted by Gasteiger charge is -2.37. The maximum absolute atomic E-state index is 13.0. The van der Waals surface area contributed by atoms with Crippen molar-refractivity contribution in [3.8, 4) is 0 Å². The minimum atomic E-state index is 0.0103. The molecular weight excluding hydrogens is 382 g/mol. The van der Waals surface area contributed by atoms with Gasteiger partial charge in [0.2, 0.25) is 5.91 Å². The molecule has 0 bridgehead atoms. The second-order valence-electron chi connectivity index (χ2n) is 8.34. The number of amides is 1. The quantitative estimate of drug-likeness (QED) is 0.787. The molecule has 156 valence electrons. The number of carbonyl (C=O) groups is 1. The zero-order chi connectivity index (χ0) is 20.1. The molecule has 2 atom stereocenters. The minimum absolute atomic E-state index is 0.0103. The van der Waals surface area contributed by atoms with Gasteiger partial charge in [-0.1, -0.05) is 13.0 Å². The van der Waals surface area contributed by atoms with Crippen molar-refractivity contribution in [1.82, 2.24) is 20.2 Å². The number of aromatic nitrogens is 2. The molecule has 0 saturated carbocycles. The van der Waals surface area contributed by atoms with Crippen LogP contribution < -0.4 is 10.2 Å². The molecule has 2 aromatic rings. The fourth-order valence-electron chi connectivity index (χ4n) is 4.43. The summed E-state index contributed by atoms with van der Waals surface area (Å²) in [5.74, 6) is 1.85. The van der Waals surface area contributed by atoms with Crippen molar-refractivity contribution in [2.45, 2.75) is 38.6 Å². The van der Waals surface area contributed by atoms with Crippen LogP contribution in [-0.4, -0.2) is 53.5 Å². The lowest BCUT2D eigenvalue weighted by atomic mass is 9.96. The third-order valence-corrected chi connectivity index (χ3v) is 7.24. The molecule has 2 aliphatic heterocycles. The van der Waals surface area contributed by atoms with Gasteiger partial charge >= 0.3 is 0 Å². The largest absolute Gasteiger partial charge is 0.355 e. The van der Waals surface area contributed by atoms with Gasteiger partial charge in [-0.05, 0) is 56.1 Å². The molecule has 2 aliphatic rings. The van der Waals surface area contributed by atoms with E-state index in [4.69, 9.17) is 0 Å². The predicted molar refractivity (Wildman–Crippen MR) is 117 cm³/mol. The SMILES string of the molecule is CC1CCN([C@H](CNC(=O)[C@@H]2CCCN(c3cnccn3)C2)c2cccs2)CC1. The molecule has 6 nitrogen and oxygen atoms in total. The maximum atomic E-state index is 13.0. The van der Waals surface area contributed by atoms with E-state index in [1.807, 2.05) is 0 Å². The van der Waals surface area contributed by atoms with Gasteiger partial charge < -0.3 is 10.2 Å². The van der Waals surface area contributed by atoms with E-state index in [1.54, 1.807) is 29.9 Å². The molecule has 0 aliphatic carbocycles. The fourth-order valence-corrected chi connectivity index (χ4v) is 5.29. The van der Waals surface area contributed by atoms with Crippen LogP contribution in [0.5, 0.6) is 0 Å². The molecule has 0 spiro atoms. The Kier molecular flexibility index (Phi) is 6.77. The Morgan fingerprint density at radius 1 is 1.28 bits per heavy atom. The van der Waals surface area contributed by atoms with E-state index in [9.17, 15) is 4.79 Å². The Balaban J connectivity index is 1.36. The number of hydrogen-bond acceptors (Lipinski definition) is 6. The van der Waals surface area contributed by atoms with Crippen LogP contribution in [0.3, 0.4) is 0 Å². The molecule has 2 aromatic heterocycles. The number of rotatable bonds is 6. The van der Waals surface area contributed by atoms with Crippen molar-refractivity contribution < 1.29 is 4.79 Å². The van der Waals surface area contributed by atoms with E-state index < -0.39 is 0 Å². The third kappa shape index (κ3) is 5.14. The summed E-state index contributed by atoms with van der Waals surface area (Å²) < 4.78 is 0. The van der Waals surface area contributed by atoms with Crippen molar-refractivity contribution in [3.05, 3.63) is 41.0 Å². The van der Waals surface area contributed by atoms with Crippen LogP contribution in [0.15, 0.2) is 36.1 Å². The highest BCUT2D eigenvalue weighted by Crippen LogP contribution is 2.29. The van der Waals surface area contributed by atoms with Gasteiger partial charge in [0.25, 0.3) is 0 Å². The molecule has 0 radical (unpaired) electrons. The first-order chi connectivity index (χ1) is 14.2. The first-order valence-corrected chi connectivity index (χ1v) is 11.6. The summed E-state index contributed by atoms with van der Waals surface area (Å²) >= 11 is 1.79. The van der Waals surface area contributed by atoms with Gasteiger partial charge in [-0.15, -0.1) is 11.3 Å². The number of piperidine rings is 2. The second-order valence-corrected chi connectivity index (χ2v) is 9.32. The molecule has 1 amide bonds. The number of nitrogens with one attached hydrogen (secondary N) is 1. The zero-order valence-corrected chi connectivity index (χ0v) is 18.0. The molecular formula is C22H31N5OS. The highest BCUT2D eigenvalue weighted by Gasteiger charge is 2.29. The molecule has 0 unspecified atom stereocenters. The Morgan fingerprint density at radius 3 is 2.86 bits per heavy atom. The van der Waals surface area contributed by atoms with Gasteiger partial charge in [0.1, 0.15) is 5.82 Å². The number of likely N-dealkylation sites (tertiary alicyclic amines) is 1. The summed E-state index contributed by atoms with van der Waals surface area (Å²) in [6.07, 6.45) is 9.61. The zero-order valence-electron chi connectivity index (χ0n) is 17.2. The van der Waals surface area contributed by atoms with Crippen LogP contribution in [0, 0.1) is 11.8 Å². The van der Waals surface area contributed by atoms with Crippen molar-refractivity contribution >= 4 is 23.1 Å². The van der Waals surface area contributed by atoms with Crippen LogP contribution in [0.4, 0.5) is 5.82 Å². The standard InChI is InChI=1S/C22H31N5OS/c1-17-6-11-26(12-7-17)19(20-5-3-13-29-20)14-25-22(28)18-4-2-10-27(16-18)21-15-23-8-9-24-21/h3,5,8-9,13,15,17-19H,2,4,6-7,10-12,14,16H2,1H3,(H,25,28)/t18-,19-/m1/s1. The predicted octanol–water partition coefficient (Wildman–Crippen LogP) is 3.34. The van der Waals surface area contributed by atoms with Gasteiger partial charge in [0.15, 0.2) is 0 Å². The minimum Gasteiger partial charge on any atom is -0.355 e. The van der Waals surface area contributed by atoms with E-state index in [-0.39, 0.29) is 17.9 Å². The highest BCUT2D eigenvalue weighted by atomic mass is 32.1. The Morgan fingerprint density at radius 2 is 2.14 bits per heavy atom. The summed E-state index contributed by atoms with van der Waals surface area (Å²) in [4.78, 5) is 27.6. The van der Waals surface area contributed by atoms with Crippen LogP contribution in [0.1, 0.15) is 43.5 Å². The molecule has 4 heterocycles. The van der Waals surface area contributed by atoms with Crippen LogP contribution in [-0.2, 0) is 4.79 Å². The van der Waals surface area contributed by atoms with Crippen LogP contribution in [0.25, 0.3) is 0 Å². The van der Waals surface area contributed by atoms with Gasteiger partial charge in [-0.3, -0.25) is 14.7 Å². The van der Waals surface area contributed by atoms with Gasteiger partial charge in [-0.2, -0.15) is 0 Å². The second kappa shape index (κ2) is 9.67. The lowest BCUT2D eigenvalue weighted by Crippen LogP contribution is -2.46. The van der Waals surface area contributed by atoms with Gasteiger partial charge in [0.05, 0.1) is 18.2 Å². The topological polar surface area (TPSA) is 61.4 Å². The Bertz CT molecular complexity index is 761. The molecule has 4 rings (SSSR count). The molecule has 29 heavy (non-hydrogen) atoms. The van der Waals surface area contributed by atoms with Crippen molar-refractivity contribution in [2.24, 2.45) is 11.8 Å². The van der Waals surface area contributed by atoms with E-state index >= 15 is 0 Å². The third-order valence-electron chi connectivity index (χ3n) is 6.27. The van der Waals surface area contributed by atoms with E-state index in [1.165, 1.54) is 17.7 Å². The lowest BCUT2D eigenvalue weighted by molar-refractivity contribution is -0.125. The maximum Gasteiger partial charge on any atom is 0.224 e. The molecule has 0 aromatic carbocycles. The summed E-state index contributed by atoms with van der Waals surface area (Å²) in [6, 6.07) is 4.60. The van der Waals surface area contributed by atoms with E-state index in [0.717, 1.165) is 50.8 Å². The Labute approximate surface area is 177 Å². The van der Waals surface area contributed by atoms with Crippen LogP contribution in [0.2, 0.25) is 0 Å². The van der Waals surface area contributed by atoms with Gasteiger partial charge in [0, 0.05) is 36.9 Å². The number of anilines is 1. The average molecular weight is 414 g/mol. The summed E-state index contributed by atoms with van der Waals surface area (Å²) in [6.45, 7) is 6.91. The van der Waals surface area contributed by atoms with Crippen molar-refractivity contribution in [1.29, 1.82) is 0 Å². The summed E-state index contributed by atoms with van der Waals surface area (Å²) in [5.41, 5.74) is 0. The normalized spacial score (nSPS) is 22.4. The highest BCUT2D eigenvalue weighted by molar-refractivity contribution is 7.10. The summed E-state index contributed by atoms with van der Waals surface area (Å²) in [7, 11) is 0. The number of thiophene rings is 1.